The second-order valence-corrected chi connectivity index (χ2v) is 15.6. The number of aromatic nitrogens is 2. The van der Waals surface area contributed by atoms with Crippen LogP contribution in [0.5, 0.6) is 5.75 Å². The number of benzene rings is 5. The topological polar surface area (TPSA) is 102 Å². The van der Waals surface area contributed by atoms with Crippen LogP contribution in [-0.2, 0) is 12.1 Å². The molecule has 5 aromatic carbocycles. The quantitative estimate of drug-likeness (QED) is 0.107. The molecule has 0 radical (unpaired) electrons. The predicted molar refractivity (Wildman–Crippen MR) is 242 cm³/mol. The van der Waals surface area contributed by atoms with E-state index in [9.17, 15) is 4.79 Å². The number of unbranched alkanes of at least 4 members (excludes halogenated alkanes) is 1. The molecule has 0 fully saturated rings. The molecule has 3 N–H and O–H groups in total. The minimum Gasteiger partial charge on any atom is -0.497 e. The number of aryl methyl sites for hydroxylation is 1. The van der Waals surface area contributed by atoms with Crippen LogP contribution in [0.15, 0.2) is 151 Å². The van der Waals surface area contributed by atoms with Gasteiger partial charge in [-0.05, 0) is 88.0 Å². The van der Waals surface area contributed by atoms with E-state index in [1.54, 1.807) is 17.9 Å². The molecule has 0 aliphatic heterocycles. The molecule has 0 atom stereocenters. The van der Waals surface area contributed by atoms with Crippen LogP contribution in [0, 0.1) is 0 Å². The number of ether oxygens (including phenoxy) is 1. The van der Waals surface area contributed by atoms with Crippen molar-refractivity contribution in [3.63, 3.8) is 0 Å². The summed E-state index contributed by atoms with van der Waals surface area (Å²) in [5, 5.41) is 4.79. The molecular weight excluding hydrogens is 731 g/mol. The normalized spacial score (nSPS) is 11.6. The number of amides is 2. The number of primary amides is 1. The number of pyridine rings is 2. The van der Waals surface area contributed by atoms with E-state index >= 15 is 4.79 Å². The molecule has 59 heavy (non-hydrogen) atoms. The molecule has 2 heterocycles. The Morgan fingerprint density at radius 2 is 1.32 bits per heavy atom. The zero-order valence-electron chi connectivity index (χ0n) is 34.8. The Kier molecular flexibility index (Phi) is 12.0. The first kappa shape index (κ1) is 40.5. The molecule has 0 spiro atoms. The van der Waals surface area contributed by atoms with Crippen molar-refractivity contribution in [1.82, 2.24) is 9.55 Å². The molecule has 7 rings (SSSR count). The van der Waals surface area contributed by atoms with Crippen LogP contribution in [0.1, 0.15) is 87.1 Å². The first-order chi connectivity index (χ1) is 28.6. The number of urea groups is 1. The number of nitrogens with zero attached hydrogens (tertiary/aromatic N) is 3. The van der Waals surface area contributed by atoms with Gasteiger partial charge < -0.3 is 15.8 Å². The molecule has 0 bridgehead atoms. The zero-order chi connectivity index (χ0) is 41.7. The number of hydrogen-bond donors (Lipinski definition) is 2. The number of fused-ring (bicyclic) bond motifs is 1. The molecule has 300 valence electrons. The minimum atomic E-state index is -0.797. The monoisotopic (exact) mass is 783 g/mol. The molecule has 8 nitrogen and oxygen atoms in total. The number of anilines is 3. The van der Waals surface area contributed by atoms with E-state index in [1.165, 1.54) is 4.90 Å². The number of methoxy groups -OCH3 is 1. The summed E-state index contributed by atoms with van der Waals surface area (Å²) in [5.41, 5.74) is 13.8. The molecule has 7 aromatic rings. The number of carbonyl (C=O) groups is 1. The summed E-state index contributed by atoms with van der Waals surface area (Å²) >= 11 is 0. The summed E-state index contributed by atoms with van der Waals surface area (Å²) in [5.74, 6) is 0.442. The average Bonchev–Trinajstić information content (AvgIpc) is 3.26. The summed E-state index contributed by atoms with van der Waals surface area (Å²) in [6.45, 7) is 11.0. The maximum absolute atomic E-state index is 15.3. The van der Waals surface area contributed by atoms with Crippen molar-refractivity contribution in [2.45, 2.75) is 71.4 Å². The van der Waals surface area contributed by atoms with Crippen molar-refractivity contribution in [2.24, 2.45) is 5.73 Å². The fourth-order valence-corrected chi connectivity index (χ4v) is 8.29. The molecule has 0 saturated heterocycles. The lowest BCUT2D eigenvalue weighted by atomic mass is 9.76. The van der Waals surface area contributed by atoms with Crippen LogP contribution in [-0.4, -0.2) is 22.7 Å². The third kappa shape index (κ3) is 7.70. The van der Waals surface area contributed by atoms with Gasteiger partial charge >= 0.3 is 6.03 Å². The third-order valence-corrected chi connectivity index (χ3v) is 11.1. The predicted octanol–water partition coefficient (Wildman–Crippen LogP) is 11.7. The van der Waals surface area contributed by atoms with Gasteiger partial charge in [0, 0.05) is 29.4 Å². The molecular formula is C51H53N5O3. The van der Waals surface area contributed by atoms with Crippen molar-refractivity contribution in [3.8, 4) is 16.9 Å². The molecule has 2 aromatic heterocycles. The van der Waals surface area contributed by atoms with Crippen molar-refractivity contribution < 1.29 is 9.53 Å². The molecule has 2 amide bonds. The third-order valence-electron chi connectivity index (χ3n) is 11.1. The van der Waals surface area contributed by atoms with Crippen LogP contribution < -0.4 is 26.2 Å². The summed E-state index contributed by atoms with van der Waals surface area (Å²) < 4.78 is 7.36. The van der Waals surface area contributed by atoms with E-state index < -0.39 is 11.6 Å². The SMILES string of the molecule is CCCCn1c(=O)c(N(C(N)=O)c2c(C(C)C)cc(NC(c3ccccc3)(c3ccccc3)c3ccccc3)cc2C(C)C)c(-c2cccc(OC)c2)c2cccnc21. The summed E-state index contributed by atoms with van der Waals surface area (Å²) in [6.07, 6.45) is 3.32. The minimum absolute atomic E-state index is 0.0876. The van der Waals surface area contributed by atoms with Gasteiger partial charge in [-0.25, -0.2) is 9.78 Å². The summed E-state index contributed by atoms with van der Waals surface area (Å²) in [7, 11) is 1.61. The largest absolute Gasteiger partial charge is 0.497 e. The van der Waals surface area contributed by atoms with Gasteiger partial charge in [-0.2, -0.15) is 0 Å². The molecule has 0 saturated carbocycles. The second kappa shape index (κ2) is 17.4. The summed E-state index contributed by atoms with van der Waals surface area (Å²) in [4.78, 5) is 35.9. The smallest absolute Gasteiger partial charge is 0.324 e. The first-order valence-corrected chi connectivity index (χ1v) is 20.5. The Hall–Kier alpha value is -6.67. The number of nitrogens with one attached hydrogen (secondary N) is 1. The Labute approximate surface area is 347 Å². The Morgan fingerprint density at radius 3 is 1.81 bits per heavy atom. The highest BCUT2D eigenvalue weighted by Gasteiger charge is 2.38. The van der Waals surface area contributed by atoms with E-state index in [4.69, 9.17) is 15.5 Å². The highest BCUT2D eigenvalue weighted by Crippen LogP contribution is 2.47. The lowest BCUT2D eigenvalue weighted by Gasteiger charge is -2.39. The molecule has 0 aliphatic rings. The van der Waals surface area contributed by atoms with Crippen molar-refractivity contribution in [1.29, 1.82) is 0 Å². The van der Waals surface area contributed by atoms with Crippen LogP contribution in [0.2, 0.25) is 0 Å². The average molecular weight is 784 g/mol. The van der Waals surface area contributed by atoms with Gasteiger partial charge in [0.2, 0.25) is 0 Å². The van der Waals surface area contributed by atoms with Crippen molar-refractivity contribution >= 4 is 34.1 Å². The molecule has 0 unspecified atom stereocenters. The summed E-state index contributed by atoms with van der Waals surface area (Å²) in [6, 6.07) is 46.3. The van der Waals surface area contributed by atoms with Crippen LogP contribution in [0.25, 0.3) is 22.2 Å². The highest BCUT2D eigenvalue weighted by atomic mass is 16.5. The second-order valence-electron chi connectivity index (χ2n) is 15.6. The number of hydrogen-bond acceptors (Lipinski definition) is 5. The van der Waals surface area contributed by atoms with Crippen LogP contribution >= 0.6 is 0 Å². The molecule has 8 heteroatoms. The maximum Gasteiger partial charge on any atom is 0.324 e. The number of rotatable bonds is 14. The fraction of sp³-hybridized carbons (Fsp3) is 0.235. The van der Waals surface area contributed by atoms with Gasteiger partial charge in [0.1, 0.15) is 22.6 Å². The van der Waals surface area contributed by atoms with E-state index in [-0.39, 0.29) is 23.1 Å². The van der Waals surface area contributed by atoms with E-state index in [2.05, 4.69) is 125 Å². The lowest BCUT2D eigenvalue weighted by Crippen LogP contribution is -2.40. The van der Waals surface area contributed by atoms with Crippen LogP contribution in [0.4, 0.5) is 21.9 Å². The van der Waals surface area contributed by atoms with Crippen LogP contribution in [0.3, 0.4) is 0 Å². The highest BCUT2D eigenvalue weighted by molar-refractivity contribution is 6.09. The molecule has 0 aliphatic carbocycles. The van der Waals surface area contributed by atoms with Crippen molar-refractivity contribution in [3.05, 3.63) is 184 Å². The van der Waals surface area contributed by atoms with Gasteiger partial charge in [-0.3, -0.25) is 14.3 Å². The van der Waals surface area contributed by atoms with Gasteiger partial charge in [0.15, 0.2) is 0 Å². The number of nitrogens with two attached hydrogens (primary N) is 1. The zero-order valence-corrected chi connectivity index (χ0v) is 34.8. The van der Waals surface area contributed by atoms with E-state index in [1.807, 2.05) is 54.6 Å². The Bertz CT molecular complexity index is 2500. The Morgan fingerprint density at radius 1 is 0.763 bits per heavy atom. The fourth-order valence-electron chi connectivity index (χ4n) is 8.29. The van der Waals surface area contributed by atoms with Gasteiger partial charge in [0.25, 0.3) is 5.56 Å². The van der Waals surface area contributed by atoms with Crippen molar-refractivity contribution in [2.75, 3.05) is 17.3 Å². The maximum atomic E-state index is 15.3. The number of carbonyl (C=O) groups excluding carboxylic acids is 1. The van der Waals surface area contributed by atoms with E-state index in [0.717, 1.165) is 51.7 Å². The standard InChI is InChI=1S/C51H53N5O3/c1-7-8-30-55-48-42(28-19-29-53-48)45(36-20-18-27-41(31-36)59-6)47(49(55)57)56(50(52)58)46-43(34(2)3)32-40(33-44(46)35(4)5)54-51(37-21-12-9-13-22-37,38-23-14-10-15-24-38)39-25-16-11-17-26-39/h9-29,31-35,54H,7-8,30H2,1-6H3,(H2,52,58). The van der Waals surface area contributed by atoms with E-state index in [0.29, 0.717) is 34.8 Å². The van der Waals surface area contributed by atoms with Gasteiger partial charge in [-0.15, -0.1) is 0 Å². The van der Waals surface area contributed by atoms with Gasteiger partial charge in [0.05, 0.1) is 12.8 Å². The Balaban J connectivity index is 1.56. The first-order valence-electron chi connectivity index (χ1n) is 20.5. The van der Waals surface area contributed by atoms with Gasteiger partial charge in [-0.1, -0.05) is 144 Å². The lowest BCUT2D eigenvalue weighted by molar-refractivity contribution is 0.256.